The van der Waals surface area contributed by atoms with Gasteiger partial charge >= 0.3 is 6.18 Å². The summed E-state index contributed by atoms with van der Waals surface area (Å²) >= 11 is 0. The molecule has 0 spiro atoms. The number of fused-ring (bicyclic) bond motifs is 1. The van der Waals surface area contributed by atoms with Gasteiger partial charge in [0.1, 0.15) is 12.6 Å². The Morgan fingerprint density at radius 1 is 1.03 bits per heavy atom. The zero-order valence-corrected chi connectivity index (χ0v) is 16.4. The molecule has 160 valence electrons. The molecule has 0 aliphatic rings. The Labute approximate surface area is 180 Å². The van der Waals surface area contributed by atoms with Crippen LogP contribution < -0.4 is 10.6 Å². The maximum absolute atomic E-state index is 12.3. The normalized spacial score (nSPS) is 11.2. The van der Waals surface area contributed by atoms with E-state index in [-0.39, 0.29) is 5.56 Å². The van der Waals surface area contributed by atoms with Crippen LogP contribution in [0.4, 0.5) is 24.8 Å². The third-order valence-electron chi connectivity index (χ3n) is 4.55. The number of aromatic nitrogens is 3. The van der Waals surface area contributed by atoms with Crippen LogP contribution >= 0.6 is 0 Å². The maximum Gasteiger partial charge on any atom is 0.405 e. The van der Waals surface area contributed by atoms with Gasteiger partial charge in [-0.3, -0.25) is 4.79 Å². The minimum Gasteiger partial charge on any atom is -0.343 e. The monoisotopic (exact) mass is 436 g/mol. The van der Waals surface area contributed by atoms with E-state index in [1.165, 1.54) is 12.1 Å². The van der Waals surface area contributed by atoms with E-state index in [4.69, 9.17) is 0 Å². The van der Waals surface area contributed by atoms with Gasteiger partial charge in [-0.25, -0.2) is 4.52 Å². The molecule has 4 rings (SSSR count). The average molecular weight is 436 g/mol. The predicted molar refractivity (Wildman–Crippen MR) is 111 cm³/mol. The molecule has 0 fully saturated rings. The number of nitriles is 1. The lowest BCUT2D eigenvalue weighted by Gasteiger charge is -2.09. The largest absolute Gasteiger partial charge is 0.405 e. The average Bonchev–Trinajstić information content (AvgIpc) is 3.19. The van der Waals surface area contributed by atoms with Crippen LogP contribution in [-0.4, -0.2) is 33.2 Å². The number of pyridine rings is 1. The van der Waals surface area contributed by atoms with Gasteiger partial charge in [0.05, 0.1) is 11.3 Å². The van der Waals surface area contributed by atoms with Crippen LogP contribution in [0.15, 0.2) is 66.9 Å². The first kappa shape index (κ1) is 20.9. The molecule has 0 bridgehead atoms. The molecule has 2 N–H and O–H groups in total. The van der Waals surface area contributed by atoms with Crippen molar-refractivity contribution in [3.05, 3.63) is 78.0 Å². The van der Waals surface area contributed by atoms with E-state index < -0.39 is 18.6 Å². The van der Waals surface area contributed by atoms with Crippen molar-refractivity contribution in [1.82, 2.24) is 19.9 Å². The Hall–Kier alpha value is -4.39. The fourth-order valence-corrected chi connectivity index (χ4v) is 3.01. The van der Waals surface area contributed by atoms with Gasteiger partial charge in [0.25, 0.3) is 5.91 Å². The summed E-state index contributed by atoms with van der Waals surface area (Å²) in [5.41, 5.74) is 3.28. The third kappa shape index (κ3) is 4.67. The van der Waals surface area contributed by atoms with Gasteiger partial charge in [-0.2, -0.15) is 23.4 Å². The van der Waals surface area contributed by atoms with Crippen LogP contribution in [-0.2, 0) is 0 Å². The summed E-state index contributed by atoms with van der Waals surface area (Å²) in [4.78, 5) is 16.2. The Morgan fingerprint density at radius 3 is 2.47 bits per heavy atom. The molecular weight excluding hydrogens is 421 g/mol. The Kier molecular flexibility index (Phi) is 5.47. The number of hydrogen-bond donors (Lipinski definition) is 2. The first-order chi connectivity index (χ1) is 15.3. The van der Waals surface area contributed by atoms with E-state index in [1.807, 2.05) is 11.4 Å². The SMILES string of the molecule is N#Cc1ccccc1Nc1nc2ccc(-c3ccc(C(=O)NCC(F)(F)F)cc3)cn2n1. The van der Waals surface area contributed by atoms with Crippen molar-refractivity contribution in [3.8, 4) is 17.2 Å². The first-order valence-electron chi connectivity index (χ1n) is 9.40. The van der Waals surface area contributed by atoms with Crippen molar-refractivity contribution in [2.24, 2.45) is 0 Å². The Bertz CT molecular complexity index is 1320. The number of nitrogens with one attached hydrogen (secondary N) is 2. The fraction of sp³-hybridized carbons (Fsp3) is 0.0909. The van der Waals surface area contributed by atoms with Crippen LogP contribution in [0.2, 0.25) is 0 Å². The van der Waals surface area contributed by atoms with E-state index >= 15 is 0 Å². The smallest absolute Gasteiger partial charge is 0.343 e. The Balaban J connectivity index is 1.53. The van der Waals surface area contributed by atoms with Crippen LogP contribution in [0.25, 0.3) is 16.8 Å². The second-order valence-electron chi connectivity index (χ2n) is 6.81. The van der Waals surface area contributed by atoms with Crippen molar-refractivity contribution >= 4 is 23.2 Å². The number of anilines is 2. The van der Waals surface area contributed by atoms with E-state index in [1.54, 1.807) is 53.2 Å². The molecule has 7 nitrogen and oxygen atoms in total. The highest BCUT2D eigenvalue weighted by Gasteiger charge is 2.27. The number of halogens is 3. The summed E-state index contributed by atoms with van der Waals surface area (Å²) < 4.78 is 38.3. The minimum absolute atomic E-state index is 0.127. The van der Waals surface area contributed by atoms with E-state index in [0.29, 0.717) is 22.8 Å². The number of carbonyl (C=O) groups is 1. The van der Waals surface area contributed by atoms with Gasteiger partial charge in [0, 0.05) is 17.3 Å². The first-order valence-corrected chi connectivity index (χ1v) is 9.40. The number of rotatable bonds is 5. The summed E-state index contributed by atoms with van der Waals surface area (Å²) in [6.45, 7) is -1.38. The molecule has 0 saturated heterocycles. The lowest BCUT2D eigenvalue weighted by atomic mass is 10.1. The van der Waals surface area contributed by atoms with Gasteiger partial charge in [0.2, 0.25) is 5.95 Å². The molecule has 0 atom stereocenters. The molecule has 1 amide bonds. The number of carbonyl (C=O) groups excluding carboxylic acids is 1. The summed E-state index contributed by atoms with van der Waals surface area (Å²) in [6.07, 6.45) is -2.73. The van der Waals surface area contributed by atoms with Crippen LogP contribution in [0.3, 0.4) is 0 Å². The van der Waals surface area contributed by atoms with E-state index in [0.717, 1.165) is 11.1 Å². The predicted octanol–water partition coefficient (Wildman–Crippen LogP) is 4.30. The number of nitrogens with zero attached hydrogens (tertiary/aromatic N) is 4. The van der Waals surface area contributed by atoms with E-state index in [2.05, 4.69) is 21.5 Å². The quantitative estimate of drug-likeness (QED) is 0.486. The molecule has 0 unspecified atom stereocenters. The summed E-state index contributed by atoms with van der Waals surface area (Å²) in [5.74, 6) is -0.476. The van der Waals surface area contributed by atoms with Crippen LogP contribution in [0.5, 0.6) is 0 Å². The molecule has 0 aliphatic carbocycles. The second kappa shape index (κ2) is 8.39. The lowest BCUT2D eigenvalue weighted by Crippen LogP contribution is -2.33. The van der Waals surface area contributed by atoms with Gasteiger partial charge in [-0.1, -0.05) is 24.3 Å². The molecule has 2 heterocycles. The summed E-state index contributed by atoms with van der Waals surface area (Å²) in [7, 11) is 0. The number of amides is 1. The Morgan fingerprint density at radius 2 is 1.75 bits per heavy atom. The van der Waals surface area contributed by atoms with Crippen molar-refractivity contribution < 1.29 is 18.0 Å². The zero-order valence-electron chi connectivity index (χ0n) is 16.4. The lowest BCUT2D eigenvalue weighted by molar-refractivity contribution is -0.123. The van der Waals surface area contributed by atoms with Crippen LogP contribution in [0.1, 0.15) is 15.9 Å². The molecule has 10 heteroatoms. The summed E-state index contributed by atoms with van der Waals surface area (Å²) in [5, 5.41) is 18.4. The van der Waals surface area contributed by atoms with Crippen LogP contribution in [0, 0.1) is 11.3 Å². The fourth-order valence-electron chi connectivity index (χ4n) is 3.01. The van der Waals surface area contributed by atoms with Gasteiger partial charge < -0.3 is 10.6 Å². The molecule has 0 saturated carbocycles. The van der Waals surface area contributed by atoms with Crippen molar-refractivity contribution in [2.45, 2.75) is 6.18 Å². The standard InChI is InChI=1S/C22H15F3N6O/c23-22(24,25)13-27-20(32)15-7-5-14(6-8-15)17-9-10-19-29-21(30-31(19)12-17)28-18-4-2-1-3-16(18)11-26/h1-10,12H,13H2,(H,27,32)(H,28,30). The highest BCUT2D eigenvalue weighted by molar-refractivity contribution is 5.94. The number of hydrogen-bond acceptors (Lipinski definition) is 5. The number of para-hydroxylation sites is 1. The van der Waals surface area contributed by atoms with Gasteiger partial charge in [-0.05, 0) is 42.0 Å². The highest BCUT2D eigenvalue weighted by atomic mass is 19.4. The van der Waals surface area contributed by atoms with Gasteiger partial charge in [0.15, 0.2) is 5.65 Å². The second-order valence-corrected chi connectivity index (χ2v) is 6.81. The van der Waals surface area contributed by atoms with Gasteiger partial charge in [-0.15, -0.1) is 5.10 Å². The molecule has 0 radical (unpaired) electrons. The zero-order chi connectivity index (χ0) is 22.7. The summed E-state index contributed by atoms with van der Waals surface area (Å²) in [6, 6.07) is 18.9. The van der Waals surface area contributed by atoms with Crippen molar-refractivity contribution in [3.63, 3.8) is 0 Å². The topological polar surface area (TPSA) is 95.1 Å². The van der Waals surface area contributed by atoms with Crippen molar-refractivity contribution in [1.29, 1.82) is 5.26 Å². The maximum atomic E-state index is 12.3. The molecule has 32 heavy (non-hydrogen) atoms. The highest BCUT2D eigenvalue weighted by Crippen LogP contribution is 2.23. The van der Waals surface area contributed by atoms with E-state index in [9.17, 15) is 23.2 Å². The number of alkyl halides is 3. The molecule has 2 aromatic carbocycles. The third-order valence-corrected chi connectivity index (χ3v) is 4.55. The minimum atomic E-state index is -4.47. The molecule has 2 aromatic heterocycles. The molecule has 4 aromatic rings. The molecule has 0 aliphatic heterocycles. The number of benzene rings is 2. The molecular formula is C22H15F3N6O. The van der Waals surface area contributed by atoms with Crippen molar-refractivity contribution in [2.75, 3.05) is 11.9 Å².